The van der Waals surface area contributed by atoms with Crippen molar-refractivity contribution in [3.63, 3.8) is 0 Å². The van der Waals surface area contributed by atoms with E-state index in [9.17, 15) is 4.79 Å². The van der Waals surface area contributed by atoms with E-state index < -0.39 is 5.79 Å². The number of rotatable bonds is 1. The molecular weight excluding hydrogens is 168 g/mol. The molecule has 3 heteroatoms. The number of carbonyl (C=O) groups excluding carboxylic acids is 1. The molecule has 0 aromatic carbocycles. The third kappa shape index (κ3) is 1.42. The van der Waals surface area contributed by atoms with Crippen molar-refractivity contribution in [3.05, 3.63) is 12.2 Å². The molecule has 0 aromatic rings. The second kappa shape index (κ2) is 3.24. The predicted molar refractivity (Wildman–Crippen MR) is 47.2 cm³/mol. The maximum Gasteiger partial charge on any atom is 0.191 e. The van der Waals surface area contributed by atoms with Crippen LogP contribution in [-0.2, 0) is 14.3 Å². The van der Waals surface area contributed by atoms with Gasteiger partial charge in [-0.05, 0) is 18.6 Å². The van der Waals surface area contributed by atoms with Crippen LogP contribution in [0.1, 0.15) is 19.8 Å². The third-order valence-corrected chi connectivity index (χ3v) is 2.75. The molecule has 0 amide bonds. The fraction of sp³-hybridized carbons (Fsp3) is 0.700. The fourth-order valence-electron chi connectivity index (χ4n) is 2.00. The van der Waals surface area contributed by atoms with Crippen LogP contribution in [0.25, 0.3) is 0 Å². The van der Waals surface area contributed by atoms with E-state index in [0.29, 0.717) is 19.6 Å². The van der Waals surface area contributed by atoms with Crippen molar-refractivity contribution < 1.29 is 14.3 Å². The van der Waals surface area contributed by atoms with E-state index >= 15 is 0 Å². The molecule has 1 fully saturated rings. The molecule has 1 heterocycles. The van der Waals surface area contributed by atoms with Crippen LogP contribution < -0.4 is 0 Å². The zero-order valence-corrected chi connectivity index (χ0v) is 7.79. The van der Waals surface area contributed by atoms with Gasteiger partial charge >= 0.3 is 0 Å². The molecule has 1 aliphatic carbocycles. The van der Waals surface area contributed by atoms with E-state index in [1.54, 1.807) is 12.2 Å². The van der Waals surface area contributed by atoms with E-state index in [4.69, 9.17) is 9.47 Å². The largest absolute Gasteiger partial charge is 0.344 e. The highest BCUT2D eigenvalue weighted by molar-refractivity contribution is 5.91. The van der Waals surface area contributed by atoms with Crippen LogP contribution in [-0.4, -0.2) is 24.8 Å². The van der Waals surface area contributed by atoms with Gasteiger partial charge in [0, 0.05) is 12.3 Å². The van der Waals surface area contributed by atoms with Gasteiger partial charge in [-0.2, -0.15) is 0 Å². The van der Waals surface area contributed by atoms with Crippen LogP contribution in [0.3, 0.4) is 0 Å². The molecule has 1 unspecified atom stereocenters. The van der Waals surface area contributed by atoms with Crippen LogP contribution in [0, 0.1) is 5.92 Å². The van der Waals surface area contributed by atoms with Gasteiger partial charge in [-0.15, -0.1) is 0 Å². The van der Waals surface area contributed by atoms with Crippen LogP contribution in [0.4, 0.5) is 0 Å². The second-order valence-corrected chi connectivity index (χ2v) is 3.53. The lowest BCUT2D eigenvalue weighted by atomic mass is 9.86. The Morgan fingerprint density at radius 3 is 2.85 bits per heavy atom. The number of ether oxygens (including phenoxy) is 2. The van der Waals surface area contributed by atoms with Crippen LogP contribution in [0.2, 0.25) is 0 Å². The summed E-state index contributed by atoms with van der Waals surface area (Å²) in [4.78, 5) is 11.2. The minimum Gasteiger partial charge on any atom is -0.344 e. The Morgan fingerprint density at radius 1 is 1.54 bits per heavy atom. The molecule has 3 nitrogen and oxygen atoms in total. The van der Waals surface area contributed by atoms with Crippen molar-refractivity contribution in [2.75, 3.05) is 13.2 Å². The number of ketones is 1. The molecule has 2 rings (SSSR count). The molecule has 0 aromatic heterocycles. The van der Waals surface area contributed by atoms with Gasteiger partial charge in [0.15, 0.2) is 11.6 Å². The van der Waals surface area contributed by atoms with Gasteiger partial charge in [-0.25, -0.2) is 0 Å². The lowest BCUT2D eigenvalue weighted by molar-refractivity contribution is -0.166. The Labute approximate surface area is 77.7 Å². The number of hydrogen-bond acceptors (Lipinski definition) is 3. The summed E-state index contributed by atoms with van der Waals surface area (Å²) in [5, 5.41) is 0. The van der Waals surface area contributed by atoms with E-state index in [-0.39, 0.29) is 11.7 Å². The van der Waals surface area contributed by atoms with Crippen LogP contribution in [0.15, 0.2) is 12.2 Å². The zero-order valence-electron chi connectivity index (χ0n) is 7.79. The Balaban J connectivity index is 2.24. The molecule has 1 saturated heterocycles. The van der Waals surface area contributed by atoms with Gasteiger partial charge in [0.2, 0.25) is 0 Å². The number of hydrogen-bond donors (Lipinski definition) is 0. The smallest absolute Gasteiger partial charge is 0.191 e. The van der Waals surface area contributed by atoms with Crippen LogP contribution in [0.5, 0.6) is 0 Å². The van der Waals surface area contributed by atoms with E-state index in [0.717, 1.165) is 6.42 Å². The topological polar surface area (TPSA) is 35.5 Å². The van der Waals surface area contributed by atoms with Gasteiger partial charge in [0.05, 0.1) is 13.2 Å². The lowest BCUT2D eigenvalue weighted by Gasteiger charge is -2.34. The third-order valence-electron chi connectivity index (χ3n) is 2.75. The number of allylic oxidation sites excluding steroid dienone is 1. The molecule has 1 atom stereocenters. The number of carbonyl (C=O) groups is 1. The summed E-state index contributed by atoms with van der Waals surface area (Å²) in [7, 11) is 0. The molecule has 1 spiro atoms. The average Bonchev–Trinajstić information content (AvgIpc) is 2.59. The minimum absolute atomic E-state index is 0.177. The molecule has 2 aliphatic rings. The lowest BCUT2D eigenvalue weighted by Crippen LogP contribution is -2.40. The monoisotopic (exact) mass is 182 g/mol. The first-order chi connectivity index (χ1) is 6.27. The average molecular weight is 182 g/mol. The Bertz CT molecular complexity index is 239. The second-order valence-electron chi connectivity index (χ2n) is 3.53. The van der Waals surface area contributed by atoms with E-state index in [1.807, 2.05) is 0 Å². The Kier molecular flexibility index (Phi) is 2.22. The standard InChI is InChI=1S/C10H14O3/c1-2-8-7-9(11)3-4-10(8)12-5-6-13-10/h3-4,8H,2,5-7H2,1H3. The van der Waals surface area contributed by atoms with Crippen molar-refractivity contribution in [2.45, 2.75) is 25.6 Å². The Hall–Kier alpha value is -0.670. The highest BCUT2D eigenvalue weighted by Crippen LogP contribution is 2.36. The summed E-state index contributed by atoms with van der Waals surface area (Å²) >= 11 is 0. The quantitative estimate of drug-likeness (QED) is 0.613. The first kappa shape index (κ1) is 8.91. The molecule has 1 aliphatic heterocycles. The molecule has 0 N–H and O–H groups in total. The summed E-state index contributed by atoms with van der Waals surface area (Å²) in [6.45, 7) is 3.33. The summed E-state index contributed by atoms with van der Waals surface area (Å²) < 4.78 is 11.1. The van der Waals surface area contributed by atoms with Gasteiger partial charge < -0.3 is 9.47 Å². The predicted octanol–water partition coefficient (Wildman–Crippen LogP) is 1.28. The Morgan fingerprint density at radius 2 is 2.23 bits per heavy atom. The highest BCUT2D eigenvalue weighted by Gasteiger charge is 2.44. The zero-order chi connectivity index (χ0) is 9.31. The summed E-state index contributed by atoms with van der Waals surface area (Å²) in [6.07, 6.45) is 4.82. The summed E-state index contributed by atoms with van der Waals surface area (Å²) in [5.41, 5.74) is 0. The molecular formula is C10H14O3. The molecule has 13 heavy (non-hydrogen) atoms. The highest BCUT2D eigenvalue weighted by atomic mass is 16.7. The van der Waals surface area contributed by atoms with Crippen molar-refractivity contribution in [2.24, 2.45) is 5.92 Å². The summed E-state index contributed by atoms with van der Waals surface area (Å²) in [5.74, 6) is -0.216. The molecule has 0 bridgehead atoms. The van der Waals surface area contributed by atoms with Gasteiger partial charge in [-0.3, -0.25) is 4.79 Å². The first-order valence-electron chi connectivity index (χ1n) is 4.77. The molecule has 0 saturated carbocycles. The molecule has 72 valence electrons. The maximum absolute atomic E-state index is 11.2. The van der Waals surface area contributed by atoms with Crippen molar-refractivity contribution in [1.82, 2.24) is 0 Å². The van der Waals surface area contributed by atoms with E-state index in [1.165, 1.54) is 0 Å². The maximum atomic E-state index is 11.2. The van der Waals surface area contributed by atoms with Crippen molar-refractivity contribution in [1.29, 1.82) is 0 Å². The van der Waals surface area contributed by atoms with Crippen molar-refractivity contribution in [3.8, 4) is 0 Å². The fourth-order valence-corrected chi connectivity index (χ4v) is 2.00. The van der Waals surface area contributed by atoms with Crippen molar-refractivity contribution >= 4 is 5.78 Å². The SMILES string of the molecule is CCC1CC(=O)C=CC12OCCO2. The first-order valence-corrected chi connectivity index (χ1v) is 4.77. The summed E-state index contributed by atoms with van der Waals surface area (Å²) in [6, 6.07) is 0. The van der Waals surface area contributed by atoms with Crippen LogP contribution >= 0.6 is 0 Å². The van der Waals surface area contributed by atoms with E-state index in [2.05, 4.69) is 6.92 Å². The van der Waals surface area contributed by atoms with Gasteiger partial charge in [0.1, 0.15) is 0 Å². The minimum atomic E-state index is -0.581. The normalized spacial score (nSPS) is 31.5. The molecule has 0 radical (unpaired) electrons. The van der Waals surface area contributed by atoms with Gasteiger partial charge in [0.25, 0.3) is 0 Å². The van der Waals surface area contributed by atoms with Gasteiger partial charge in [-0.1, -0.05) is 6.92 Å².